The molecule has 1 heterocycles. The molecule has 5 nitrogen and oxygen atoms in total. The molecule has 0 aromatic heterocycles. The van der Waals surface area contributed by atoms with Gasteiger partial charge in [0, 0.05) is 24.5 Å². The number of halogens is 1. The number of benzene rings is 3. The first-order valence-corrected chi connectivity index (χ1v) is 14.6. The third-order valence-corrected chi connectivity index (χ3v) is 7.74. The van der Waals surface area contributed by atoms with Crippen LogP contribution in [-0.2, 0) is 10.2 Å². The summed E-state index contributed by atoms with van der Waals surface area (Å²) < 4.78 is 15.0. The van der Waals surface area contributed by atoms with Crippen molar-refractivity contribution in [2.45, 2.75) is 72.8 Å². The number of nitrogens with zero attached hydrogens (tertiary/aromatic N) is 1. The Hall–Kier alpha value is -3.67. The molecule has 1 aliphatic heterocycles. The van der Waals surface area contributed by atoms with Gasteiger partial charge >= 0.3 is 0 Å². The molecule has 0 saturated carbocycles. The normalized spacial score (nSPS) is 17.7. The molecule has 2 atom stereocenters. The van der Waals surface area contributed by atoms with E-state index in [-0.39, 0.29) is 28.2 Å². The number of carbonyl (C=O) groups excluding carboxylic acids is 2. The smallest absolute Gasteiger partial charge is 0.257 e. The van der Waals surface area contributed by atoms with Gasteiger partial charge < -0.3 is 15.5 Å². The van der Waals surface area contributed by atoms with Gasteiger partial charge in [-0.1, -0.05) is 77.9 Å². The Kier molecular flexibility index (Phi) is 8.91. The van der Waals surface area contributed by atoms with E-state index in [1.54, 1.807) is 24.0 Å². The van der Waals surface area contributed by atoms with Crippen molar-refractivity contribution in [3.63, 3.8) is 0 Å². The van der Waals surface area contributed by atoms with Gasteiger partial charge in [0.2, 0.25) is 5.91 Å². The maximum absolute atomic E-state index is 15.0. The van der Waals surface area contributed by atoms with E-state index in [9.17, 15) is 14.0 Å². The van der Waals surface area contributed by atoms with Crippen LogP contribution < -0.4 is 10.6 Å². The number of piperidine rings is 1. The van der Waals surface area contributed by atoms with Crippen LogP contribution in [0.15, 0.2) is 66.7 Å². The molecule has 0 radical (unpaired) electrons. The Labute approximate surface area is 244 Å². The summed E-state index contributed by atoms with van der Waals surface area (Å²) in [5.74, 6) is -1.56. The van der Waals surface area contributed by atoms with Crippen molar-refractivity contribution >= 4 is 23.2 Å². The van der Waals surface area contributed by atoms with E-state index in [4.69, 9.17) is 0 Å². The third-order valence-electron chi connectivity index (χ3n) is 7.74. The largest absolute Gasteiger partial charge is 0.385 e. The van der Waals surface area contributed by atoms with Gasteiger partial charge in [0.15, 0.2) is 0 Å². The maximum Gasteiger partial charge on any atom is 0.257 e. The molecule has 0 spiro atoms. The van der Waals surface area contributed by atoms with Crippen molar-refractivity contribution in [2.24, 2.45) is 11.3 Å². The van der Waals surface area contributed by atoms with Gasteiger partial charge in [-0.2, -0.15) is 0 Å². The monoisotopic (exact) mass is 557 g/mol. The van der Waals surface area contributed by atoms with Crippen molar-refractivity contribution in [3.05, 3.63) is 94.8 Å². The van der Waals surface area contributed by atoms with Crippen LogP contribution in [0.1, 0.15) is 87.5 Å². The summed E-state index contributed by atoms with van der Waals surface area (Å²) in [6.07, 6.45) is 1.28. The average Bonchev–Trinajstić information content (AvgIpc) is 2.91. The van der Waals surface area contributed by atoms with E-state index in [1.165, 1.54) is 6.07 Å². The number of likely N-dealkylation sites (tertiary alicyclic amines) is 1. The number of aryl methyl sites for hydroxylation is 1. The zero-order valence-corrected chi connectivity index (χ0v) is 25.5. The van der Waals surface area contributed by atoms with Crippen LogP contribution in [-0.4, -0.2) is 29.8 Å². The highest BCUT2D eigenvalue weighted by molar-refractivity contribution is 5.98. The molecule has 3 aromatic carbocycles. The fourth-order valence-electron chi connectivity index (χ4n) is 5.42. The summed E-state index contributed by atoms with van der Waals surface area (Å²) in [5.41, 5.74) is 4.41. The zero-order chi connectivity index (χ0) is 29.9. The van der Waals surface area contributed by atoms with Crippen LogP contribution >= 0.6 is 0 Å². The summed E-state index contributed by atoms with van der Waals surface area (Å²) in [6, 6.07) is 20.0. The predicted octanol–water partition coefficient (Wildman–Crippen LogP) is 8.12. The van der Waals surface area contributed by atoms with E-state index in [1.807, 2.05) is 42.5 Å². The molecule has 1 aliphatic rings. The fourth-order valence-corrected chi connectivity index (χ4v) is 5.42. The number of carbonyl (C=O) groups is 2. The lowest BCUT2D eigenvalue weighted by Crippen LogP contribution is -2.46. The molecule has 6 heteroatoms. The molecule has 1 fully saturated rings. The highest BCUT2D eigenvalue weighted by atomic mass is 19.1. The van der Waals surface area contributed by atoms with Crippen molar-refractivity contribution < 1.29 is 14.0 Å². The van der Waals surface area contributed by atoms with Crippen molar-refractivity contribution in [1.82, 2.24) is 4.90 Å². The highest BCUT2D eigenvalue weighted by Crippen LogP contribution is 2.39. The number of anilines is 2. The van der Waals surface area contributed by atoms with Crippen LogP contribution in [0.2, 0.25) is 0 Å². The summed E-state index contributed by atoms with van der Waals surface area (Å²) in [4.78, 5) is 29.5. The molecule has 0 unspecified atom stereocenters. The van der Waals surface area contributed by atoms with Crippen LogP contribution in [0.5, 0.6) is 0 Å². The summed E-state index contributed by atoms with van der Waals surface area (Å²) in [6.45, 7) is 15.9. The van der Waals surface area contributed by atoms with E-state index in [0.29, 0.717) is 24.9 Å². The van der Waals surface area contributed by atoms with Crippen molar-refractivity contribution in [1.29, 1.82) is 0 Å². The average molecular weight is 558 g/mol. The molecule has 218 valence electrons. The Morgan fingerprint density at radius 3 is 2.24 bits per heavy atom. The molecule has 2 amide bonds. The number of rotatable bonds is 6. The van der Waals surface area contributed by atoms with E-state index < -0.39 is 17.8 Å². The second-order valence-corrected chi connectivity index (χ2v) is 13.5. The lowest BCUT2D eigenvalue weighted by atomic mass is 9.83. The second-order valence-electron chi connectivity index (χ2n) is 13.5. The summed E-state index contributed by atoms with van der Waals surface area (Å²) >= 11 is 0. The fraction of sp³-hybridized carbons (Fsp3) is 0.429. The SMILES string of the molecule is Cc1cccc(F)c1C(=O)N1CCC[C@H](C(=O)Nc2cccc(C(C)(C)C)c2)[C@@H]1c1ccc(NCC(C)(C)C)cc1. The topological polar surface area (TPSA) is 61.4 Å². The molecule has 2 N–H and O–H groups in total. The van der Waals surface area contributed by atoms with Crippen LogP contribution in [0, 0.1) is 24.1 Å². The minimum Gasteiger partial charge on any atom is -0.385 e. The quantitative estimate of drug-likeness (QED) is 0.322. The lowest BCUT2D eigenvalue weighted by Gasteiger charge is -2.41. The Morgan fingerprint density at radius 2 is 1.61 bits per heavy atom. The van der Waals surface area contributed by atoms with Crippen LogP contribution in [0.4, 0.5) is 15.8 Å². The van der Waals surface area contributed by atoms with Gasteiger partial charge in [0.1, 0.15) is 5.82 Å². The predicted molar refractivity (Wildman–Crippen MR) is 166 cm³/mol. The molecule has 0 aliphatic carbocycles. The maximum atomic E-state index is 15.0. The van der Waals surface area contributed by atoms with Crippen molar-refractivity contribution in [2.75, 3.05) is 23.7 Å². The number of hydrogen-bond acceptors (Lipinski definition) is 3. The Bertz CT molecular complexity index is 1370. The minimum atomic E-state index is -0.541. The first-order valence-electron chi connectivity index (χ1n) is 14.6. The zero-order valence-electron chi connectivity index (χ0n) is 25.5. The Balaban J connectivity index is 1.69. The minimum absolute atomic E-state index is 0.0578. The highest BCUT2D eigenvalue weighted by Gasteiger charge is 2.40. The Morgan fingerprint density at radius 1 is 0.927 bits per heavy atom. The van der Waals surface area contributed by atoms with Gasteiger partial charge in [0.05, 0.1) is 17.5 Å². The summed E-state index contributed by atoms with van der Waals surface area (Å²) in [7, 11) is 0. The van der Waals surface area contributed by atoms with Gasteiger partial charge in [-0.05, 0) is 77.6 Å². The van der Waals surface area contributed by atoms with Crippen LogP contribution in [0.25, 0.3) is 0 Å². The molecular weight excluding hydrogens is 513 g/mol. The molecule has 41 heavy (non-hydrogen) atoms. The summed E-state index contributed by atoms with van der Waals surface area (Å²) in [5, 5.41) is 6.59. The molecule has 3 aromatic rings. The van der Waals surface area contributed by atoms with E-state index in [0.717, 1.165) is 29.0 Å². The molecule has 1 saturated heterocycles. The lowest BCUT2D eigenvalue weighted by molar-refractivity contribution is -0.123. The van der Waals surface area contributed by atoms with Gasteiger partial charge in [-0.3, -0.25) is 9.59 Å². The third kappa shape index (κ3) is 7.35. The first kappa shape index (κ1) is 30.3. The van der Waals surface area contributed by atoms with E-state index in [2.05, 4.69) is 58.2 Å². The number of nitrogens with one attached hydrogen (secondary N) is 2. The molecule has 4 rings (SSSR count). The van der Waals surface area contributed by atoms with Crippen molar-refractivity contribution in [3.8, 4) is 0 Å². The first-order chi connectivity index (χ1) is 19.2. The van der Waals surface area contributed by atoms with E-state index >= 15 is 0 Å². The number of hydrogen-bond donors (Lipinski definition) is 2. The van der Waals surface area contributed by atoms with Crippen LogP contribution in [0.3, 0.4) is 0 Å². The van der Waals surface area contributed by atoms with Gasteiger partial charge in [0.25, 0.3) is 5.91 Å². The van der Waals surface area contributed by atoms with Gasteiger partial charge in [-0.25, -0.2) is 4.39 Å². The molecule has 0 bridgehead atoms. The molecular formula is C35H44FN3O2. The second kappa shape index (κ2) is 12.1. The van der Waals surface area contributed by atoms with Gasteiger partial charge in [-0.15, -0.1) is 0 Å². The standard InChI is InChI=1S/C35H44FN3O2/c1-23-11-8-15-29(36)30(23)33(41)39-20-10-14-28(32(40)38-27-13-9-12-25(21-27)35(5,6)7)31(39)24-16-18-26(19-17-24)37-22-34(2,3)4/h8-9,11-13,15-19,21,28,31,37H,10,14,20,22H2,1-7H3,(H,38,40)/t28-,31-/m0/s1. The number of amides is 2.